The van der Waals surface area contributed by atoms with Gasteiger partial charge in [-0.05, 0) is 18.4 Å². The van der Waals surface area contributed by atoms with Gasteiger partial charge in [-0.2, -0.15) is 4.39 Å². The molecule has 0 aromatic heterocycles. The molecule has 25 heavy (non-hydrogen) atoms. The summed E-state index contributed by atoms with van der Waals surface area (Å²) in [6.07, 6.45) is 0.412. The van der Waals surface area contributed by atoms with Gasteiger partial charge in [-0.3, -0.25) is 0 Å². The van der Waals surface area contributed by atoms with Gasteiger partial charge in [0.05, 0.1) is 6.10 Å². The highest BCUT2D eigenvalue weighted by Gasteiger charge is 2.37. The van der Waals surface area contributed by atoms with Gasteiger partial charge in [0, 0.05) is 6.54 Å². The molecule has 1 saturated carbocycles. The van der Waals surface area contributed by atoms with Gasteiger partial charge < -0.3 is 4.74 Å². The van der Waals surface area contributed by atoms with Crippen molar-refractivity contribution in [2.24, 2.45) is 0 Å². The molecule has 0 amide bonds. The molecule has 134 valence electrons. The van der Waals surface area contributed by atoms with E-state index in [1.165, 1.54) is 0 Å². The average molecular weight is 375 g/mol. The number of benzene rings is 2. The van der Waals surface area contributed by atoms with Crippen molar-refractivity contribution >= 4 is 10.0 Å². The Morgan fingerprint density at radius 1 is 0.960 bits per heavy atom. The van der Waals surface area contributed by atoms with E-state index in [1.807, 2.05) is 4.72 Å². The first-order valence-corrected chi connectivity index (χ1v) is 8.85. The van der Waals surface area contributed by atoms with Crippen LogP contribution in [0.5, 0.6) is 5.75 Å². The Labute approximate surface area is 141 Å². The summed E-state index contributed by atoms with van der Waals surface area (Å²) in [6, 6.07) is 8.23. The Hall–Kier alpha value is -2.13. The second-order valence-electron chi connectivity index (χ2n) is 5.54. The van der Waals surface area contributed by atoms with Gasteiger partial charge in [-0.15, -0.1) is 0 Å². The van der Waals surface area contributed by atoms with Gasteiger partial charge in [-0.25, -0.2) is 26.3 Å². The molecule has 2 aromatic carbocycles. The molecular formula is C16H13F4NO3S. The average Bonchev–Trinajstić information content (AvgIpc) is 3.41. The molecule has 0 unspecified atom stereocenters. The van der Waals surface area contributed by atoms with Crippen LogP contribution >= 0.6 is 0 Å². The van der Waals surface area contributed by atoms with Crippen molar-refractivity contribution in [2.45, 2.75) is 30.4 Å². The number of ether oxygens (including phenoxy) is 1. The summed E-state index contributed by atoms with van der Waals surface area (Å²) in [6.45, 7) is -0.244. The third-order valence-corrected chi connectivity index (χ3v) is 5.00. The van der Waals surface area contributed by atoms with Crippen molar-refractivity contribution in [3.05, 3.63) is 59.2 Å². The van der Waals surface area contributed by atoms with Crippen molar-refractivity contribution in [2.75, 3.05) is 0 Å². The lowest BCUT2D eigenvalue weighted by atomic mass is 10.2. The summed E-state index contributed by atoms with van der Waals surface area (Å²) in [4.78, 5) is -1.37. The summed E-state index contributed by atoms with van der Waals surface area (Å²) < 4.78 is 86.9. The van der Waals surface area contributed by atoms with Crippen LogP contribution < -0.4 is 9.46 Å². The van der Waals surface area contributed by atoms with Crippen molar-refractivity contribution in [1.29, 1.82) is 0 Å². The standard InChI is InChI=1S/C16H13F4NO3S/c17-11-12(18)14(20)16(15(13(11)19)24-10-6-7-10)25(22,23)21-8-9-4-2-1-3-5-9/h1-5,10,21H,6-8H2. The smallest absolute Gasteiger partial charge is 0.247 e. The topological polar surface area (TPSA) is 55.4 Å². The summed E-state index contributed by atoms with van der Waals surface area (Å²) in [5, 5.41) is 0. The van der Waals surface area contributed by atoms with Crippen LogP contribution in [0.4, 0.5) is 17.6 Å². The maximum Gasteiger partial charge on any atom is 0.247 e. The maximum absolute atomic E-state index is 14.1. The summed E-state index contributed by atoms with van der Waals surface area (Å²) in [7, 11) is -4.70. The number of sulfonamides is 1. The van der Waals surface area contributed by atoms with Gasteiger partial charge in [0.1, 0.15) is 0 Å². The Balaban J connectivity index is 2.01. The Morgan fingerprint density at radius 3 is 2.16 bits per heavy atom. The maximum atomic E-state index is 14.1. The monoisotopic (exact) mass is 375 g/mol. The van der Waals surface area contributed by atoms with E-state index < -0.39 is 50.0 Å². The Morgan fingerprint density at radius 2 is 1.56 bits per heavy atom. The fourth-order valence-corrected chi connectivity index (χ4v) is 3.34. The minimum absolute atomic E-state index is 0.244. The van der Waals surface area contributed by atoms with Crippen LogP contribution in [0.15, 0.2) is 35.2 Å². The van der Waals surface area contributed by atoms with Crippen LogP contribution in [-0.4, -0.2) is 14.5 Å². The van der Waals surface area contributed by atoms with E-state index in [9.17, 15) is 26.0 Å². The van der Waals surface area contributed by atoms with E-state index in [2.05, 4.69) is 0 Å². The SMILES string of the molecule is O=S(=O)(NCc1ccccc1)c1c(F)c(F)c(F)c(F)c1OC1CC1. The lowest BCUT2D eigenvalue weighted by Gasteiger charge is -2.15. The fourth-order valence-electron chi connectivity index (χ4n) is 2.14. The quantitative estimate of drug-likeness (QED) is 0.479. The third kappa shape index (κ3) is 3.62. The number of hydrogen-bond acceptors (Lipinski definition) is 3. The fraction of sp³-hybridized carbons (Fsp3) is 0.250. The molecule has 0 aliphatic heterocycles. The van der Waals surface area contributed by atoms with Crippen LogP contribution in [0.2, 0.25) is 0 Å². The second-order valence-corrected chi connectivity index (χ2v) is 7.25. The molecule has 0 saturated heterocycles. The van der Waals surface area contributed by atoms with Gasteiger partial charge in [0.15, 0.2) is 22.3 Å². The molecule has 9 heteroatoms. The molecule has 0 spiro atoms. The van der Waals surface area contributed by atoms with Gasteiger partial charge in [0.2, 0.25) is 21.7 Å². The van der Waals surface area contributed by atoms with Crippen molar-refractivity contribution < 1.29 is 30.7 Å². The summed E-state index contributed by atoms with van der Waals surface area (Å²) >= 11 is 0. The molecular weight excluding hydrogens is 362 g/mol. The highest BCUT2D eigenvalue weighted by molar-refractivity contribution is 7.89. The Bertz CT molecular complexity index is 900. The van der Waals surface area contributed by atoms with E-state index >= 15 is 0 Å². The van der Waals surface area contributed by atoms with Gasteiger partial charge in [-0.1, -0.05) is 30.3 Å². The molecule has 0 bridgehead atoms. The molecule has 2 aromatic rings. The van der Waals surface area contributed by atoms with E-state index in [-0.39, 0.29) is 6.54 Å². The van der Waals surface area contributed by atoms with Crippen LogP contribution in [0, 0.1) is 23.3 Å². The van der Waals surface area contributed by atoms with Gasteiger partial charge >= 0.3 is 0 Å². The Kier molecular flexibility index (Phi) is 4.70. The third-order valence-electron chi connectivity index (χ3n) is 3.57. The summed E-state index contributed by atoms with van der Waals surface area (Å²) in [5.41, 5.74) is 0.541. The molecule has 1 fully saturated rings. The highest BCUT2D eigenvalue weighted by Crippen LogP contribution is 2.37. The summed E-state index contributed by atoms with van der Waals surface area (Å²) in [5.74, 6) is -9.35. The molecule has 3 rings (SSSR count). The largest absolute Gasteiger partial charge is 0.486 e. The van der Waals surface area contributed by atoms with Crippen molar-refractivity contribution in [1.82, 2.24) is 4.72 Å². The van der Waals surface area contributed by atoms with Crippen LogP contribution in [0.3, 0.4) is 0 Å². The van der Waals surface area contributed by atoms with E-state index in [4.69, 9.17) is 4.74 Å². The van der Waals surface area contributed by atoms with E-state index in [0.717, 1.165) is 0 Å². The number of halogens is 4. The molecule has 1 aliphatic rings. The normalized spacial score (nSPS) is 14.6. The molecule has 0 atom stereocenters. The molecule has 4 nitrogen and oxygen atoms in total. The lowest BCUT2D eigenvalue weighted by molar-refractivity contribution is 0.261. The van der Waals surface area contributed by atoms with Crippen LogP contribution in [0.1, 0.15) is 18.4 Å². The zero-order valence-corrected chi connectivity index (χ0v) is 13.5. The first-order chi connectivity index (χ1) is 11.8. The molecule has 1 aliphatic carbocycles. The number of hydrogen-bond donors (Lipinski definition) is 1. The zero-order valence-electron chi connectivity index (χ0n) is 12.7. The number of rotatable bonds is 6. The lowest BCUT2D eigenvalue weighted by Crippen LogP contribution is -2.26. The van der Waals surface area contributed by atoms with E-state index in [0.29, 0.717) is 18.4 Å². The predicted molar refractivity (Wildman–Crippen MR) is 80.4 cm³/mol. The van der Waals surface area contributed by atoms with Crippen molar-refractivity contribution in [3.63, 3.8) is 0 Å². The van der Waals surface area contributed by atoms with Gasteiger partial charge in [0.25, 0.3) is 0 Å². The second kappa shape index (κ2) is 6.64. The molecule has 1 N–H and O–H groups in total. The number of nitrogens with one attached hydrogen (secondary N) is 1. The first-order valence-electron chi connectivity index (χ1n) is 7.37. The van der Waals surface area contributed by atoms with E-state index in [1.54, 1.807) is 30.3 Å². The minimum Gasteiger partial charge on any atom is -0.486 e. The first kappa shape index (κ1) is 17.7. The molecule has 0 heterocycles. The van der Waals surface area contributed by atoms with Crippen LogP contribution in [0.25, 0.3) is 0 Å². The van der Waals surface area contributed by atoms with Crippen molar-refractivity contribution in [3.8, 4) is 5.75 Å². The minimum atomic E-state index is -4.70. The zero-order chi connectivity index (χ0) is 18.2. The highest BCUT2D eigenvalue weighted by atomic mass is 32.2. The predicted octanol–water partition coefficient (Wildman–Crippen LogP) is 3.26. The van der Waals surface area contributed by atoms with Crippen LogP contribution in [-0.2, 0) is 16.6 Å². The molecule has 0 radical (unpaired) electrons.